The van der Waals surface area contributed by atoms with Crippen LogP contribution in [0, 0.1) is 5.82 Å². The van der Waals surface area contributed by atoms with Gasteiger partial charge in [-0.1, -0.05) is 0 Å². The number of amides is 1. The van der Waals surface area contributed by atoms with Crippen molar-refractivity contribution in [3.63, 3.8) is 0 Å². The lowest BCUT2D eigenvalue weighted by atomic mass is 10.1. The van der Waals surface area contributed by atoms with E-state index in [1.54, 1.807) is 56.4 Å². The Kier molecular flexibility index (Phi) is 7.40. The lowest BCUT2D eigenvalue weighted by molar-refractivity contribution is -0.129. The average molecular weight is 609 g/mol. The summed E-state index contributed by atoms with van der Waals surface area (Å²) in [5.74, 6) is -0.595. The smallest absolute Gasteiger partial charge is 0.476 e. The molecule has 0 atom stereocenters. The number of carbonyl (C=O) groups is 1. The molecule has 42 heavy (non-hydrogen) atoms. The number of rotatable bonds is 9. The van der Waals surface area contributed by atoms with Crippen LogP contribution in [0.15, 0.2) is 48.8 Å². The molecule has 2 aromatic heterocycles. The number of hydrogen-bond donors (Lipinski definition) is 4. The van der Waals surface area contributed by atoms with Gasteiger partial charge in [-0.05, 0) is 56.7 Å². The van der Waals surface area contributed by atoms with Gasteiger partial charge >= 0.3 is 15.5 Å². The molecule has 222 valence electrons. The van der Waals surface area contributed by atoms with E-state index >= 15 is 0 Å². The molecule has 0 radical (unpaired) electrons. The lowest BCUT2D eigenvalue weighted by Crippen LogP contribution is -2.45. The molecule has 1 amide bonds. The molecule has 1 aliphatic heterocycles. The number of alkyl halides is 3. The molecule has 5 rings (SSSR count). The van der Waals surface area contributed by atoms with Crippen LogP contribution in [-0.4, -0.2) is 51.7 Å². The highest BCUT2D eigenvalue weighted by atomic mass is 32.2. The fourth-order valence-electron chi connectivity index (χ4n) is 4.03. The molecule has 1 aliphatic rings. The Balaban J connectivity index is 1.24. The molecule has 2 aromatic carbocycles. The standard InChI is InChI=1S/C25H24F4N8O4S/c1-24(2)22(38)35-18-11-16(5-7-20(18)41-24)33-21-17(26)13-30-23(36-21)34-15-4-6-19-14(10-15)12-31-37(19)9-3-8-32-42(39,40)25(27,28)29/h4-7,10-13,32H,3,8-9H2,1-2H3,(H,35,38)(H2,30,33,34,36). The number of benzene rings is 2. The molecule has 4 N–H and O–H groups in total. The van der Waals surface area contributed by atoms with Gasteiger partial charge in [0.15, 0.2) is 17.2 Å². The van der Waals surface area contributed by atoms with Crippen molar-refractivity contribution in [3.8, 4) is 5.75 Å². The van der Waals surface area contributed by atoms with Crippen molar-refractivity contribution in [2.75, 3.05) is 22.5 Å². The van der Waals surface area contributed by atoms with Crippen LogP contribution in [0.25, 0.3) is 10.9 Å². The fraction of sp³-hybridized carbons (Fsp3) is 0.280. The maximum atomic E-state index is 14.5. The zero-order valence-electron chi connectivity index (χ0n) is 22.1. The topological polar surface area (TPSA) is 152 Å². The first-order valence-corrected chi connectivity index (χ1v) is 13.9. The number of fused-ring (bicyclic) bond motifs is 2. The number of carbonyl (C=O) groups excluding carboxylic acids is 1. The average Bonchev–Trinajstić information content (AvgIpc) is 3.31. The third-order valence-electron chi connectivity index (χ3n) is 6.19. The van der Waals surface area contributed by atoms with Crippen molar-refractivity contribution in [3.05, 3.63) is 54.6 Å². The summed E-state index contributed by atoms with van der Waals surface area (Å²) in [7, 11) is -5.40. The first-order valence-electron chi connectivity index (χ1n) is 12.4. The minimum atomic E-state index is -5.40. The van der Waals surface area contributed by atoms with Gasteiger partial charge in [0.25, 0.3) is 5.91 Å². The zero-order chi connectivity index (χ0) is 30.3. The minimum Gasteiger partial charge on any atom is -0.476 e. The lowest BCUT2D eigenvalue weighted by Gasteiger charge is -2.31. The van der Waals surface area contributed by atoms with Crippen molar-refractivity contribution in [2.24, 2.45) is 0 Å². The molecule has 0 spiro atoms. The maximum absolute atomic E-state index is 14.5. The van der Waals surface area contributed by atoms with Crippen LogP contribution in [0.5, 0.6) is 5.75 Å². The Bertz CT molecular complexity index is 1780. The van der Waals surface area contributed by atoms with Crippen molar-refractivity contribution >= 4 is 55.7 Å². The van der Waals surface area contributed by atoms with E-state index in [4.69, 9.17) is 4.74 Å². The van der Waals surface area contributed by atoms with Crippen LogP contribution in [-0.2, 0) is 21.4 Å². The normalized spacial score (nSPS) is 14.7. The summed E-state index contributed by atoms with van der Waals surface area (Å²) < 4.78 is 82.8. The van der Waals surface area contributed by atoms with Gasteiger partial charge in [-0.15, -0.1) is 0 Å². The number of halogens is 4. The Labute approximate surface area is 236 Å². The van der Waals surface area contributed by atoms with Gasteiger partial charge in [0.2, 0.25) is 5.95 Å². The van der Waals surface area contributed by atoms with Gasteiger partial charge in [-0.2, -0.15) is 23.3 Å². The second kappa shape index (κ2) is 10.7. The summed E-state index contributed by atoms with van der Waals surface area (Å²) in [5, 5.41) is 13.5. The molecule has 0 fully saturated rings. The molecule has 17 heteroatoms. The van der Waals surface area contributed by atoms with Crippen molar-refractivity contribution in [1.82, 2.24) is 24.5 Å². The predicted octanol–water partition coefficient (Wildman–Crippen LogP) is 4.39. The molecule has 0 unspecified atom stereocenters. The third-order valence-corrected chi connectivity index (χ3v) is 7.38. The van der Waals surface area contributed by atoms with E-state index in [0.29, 0.717) is 33.7 Å². The first-order chi connectivity index (χ1) is 19.7. The minimum absolute atomic E-state index is 0.0763. The Morgan fingerprint density at radius 3 is 2.57 bits per heavy atom. The summed E-state index contributed by atoms with van der Waals surface area (Å²) in [4.78, 5) is 20.4. The SMILES string of the molecule is CC1(C)Oc2ccc(Nc3nc(Nc4ccc5c(cnn5CCCNS(=O)(=O)C(F)(F)F)c4)ncc3F)cc2NC1=O. The van der Waals surface area contributed by atoms with Crippen molar-refractivity contribution < 1.29 is 35.5 Å². The Hall–Kier alpha value is -4.51. The number of aryl methyl sites for hydroxylation is 1. The van der Waals surface area contributed by atoms with Crippen LogP contribution in [0.3, 0.4) is 0 Å². The summed E-state index contributed by atoms with van der Waals surface area (Å²) in [6.07, 6.45) is 2.61. The largest absolute Gasteiger partial charge is 0.511 e. The summed E-state index contributed by atoms with van der Waals surface area (Å²) in [6.45, 7) is 3.05. The van der Waals surface area contributed by atoms with Gasteiger partial charge in [-0.25, -0.2) is 22.5 Å². The summed E-state index contributed by atoms with van der Waals surface area (Å²) in [5.41, 5.74) is -4.31. The first kappa shape index (κ1) is 29.0. The fourth-order valence-corrected chi connectivity index (χ4v) is 4.61. The number of sulfonamides is 1. The van der Waals surface area contributed by atoms with Gasteiger partial charge in [0.1, 0.15) is 5.75 Å². The van der Waals surface area contributed by atoms with Crippen LogP contribution in [0.1, 0.15) is 20.3 Å². The van der Waals surface area contributed by atoms with E-state index in [9.17, 15) is 30.8 Å². The second-order valence-corrected chi connectivity index (χ2v) is 11.5. The number of nitrogens with one attached hydrogen (secondary N) is 4. The van der Waals surface area contributed by atoms with E-state index in [1.807, 2.05) is 0 Å². The molecule has 0 saturated heterocycles. The van der Waals surface area contributed by atoms with Crippen LogP contribution >= 0.6 is 0 Å². The van der Waals surface area contributed by atoms with E-state index in [1.165, 1.54) is 9.40 Å². The quantitative estimate of drug-likeness (QED) is 0.160. The van der Waals surface area contributed by atoms with E-state index in [0.717, 1.165) is 6.20 Å². The summed E-state index contributed by atoms with van der Waals surface area (Å²) in [6, 6.07) is 10.00. The van der Waals surface area contributed by atoms with Crippen LogP contribution in [0.4, 0.5) is 46.4 Å². The van der Waals surface area contributed by atoms with Gasteiger partial charge in [0.05, 0.1) is 23.6 Å². The van der Waals surface area contributed by atoms with Gasteiger partial charge < -0.3 is 20.7 Å². The number of aromatic nitrogens is 4. The summed E-state index contributed by atoms with van der Waals surface area (Å²) >= 11 is 0. The zero-order valence-corrected chi connectivity index (χ0v) is 22.9. The maximum Gasteiger partial charge on any atom is 0.511 e. The van der Waals surface area contributed by atoms with E-state index in [2.05, 4.69) is 31.0 Å². The highest BCUT2D eigenvalue weighted by Gasteiger charge is 2.45. The van der Waals surface area contributed by atoms with Gasteiger partial charge in [-0.3, -0.25) is 9.48 Å². The number of anilines is 5. The molecular weight excluding hydrogens is 584 g/mol. The highest BCUT2D eigenvalue weighted by molar-refractivity contribution is 7.90. The molecule has 12 nitrogen and oxygen atoms in total. The molecule has 4 aromatic rings. The second-order valence-electron chi connectivity index (χ2n) is 9.76. The highest BCUT2D eigenvalue weighted by Crippen LogP contribution is 2.36. The van der Waals surface area contributed by atoms with Gasteiger partial charge in [0, 0.05) is 29.9 Å². The molecule has 0 aliphatic carbocycles. The molecule has 0 bridgehead atoms. The number of ether oxygens (including phenoxy) is 1. The van der Waals surface area contributed by atoms with E-state index < -0.39 is 33.5 Å². The van der Waals surface area contributed by atoms with Crippen LogP contribution < -0.4 is 25.4 Å². The molecule has 0 saturated carbocycles. The third kappa shape index (κ3) is 6.06. The monoisotopic (exact) mass is 608 g/mol. The Morgan fingerprint density at radius 1 is 1.07 bits per heavy atom. The molecule has 3 heterocycles. The van der Waals surface area contributed by atoms with E-state index in [-0.39, 0.29) is 30.6 Å². The van der Waals surface area contributed by atoms with Crippen molar-refractivity contribution in [2.45, 2.75) is 37.9 Å². The number of hydrogen-bond acceptors (Lipinski definition) is 9. The van der Waals surface area contributed by atoms with Crippen molar-refractivity contribution in [1.29, 1.82) is 0 Å². The molecular formula is C25H24F4N8O4S. The Morgan fingerprint density at radius 2 is 1.81 bits per heavy atom. The number of nitrogens with zero attached hydrogens (tertiary/aromatic N) is 4. The van der Waals surface area contributed by atoms with Crippen LogP contribution in [0.2, 0.25) is 0 Å². The predicted molar refractivity (Wildman–Crippen MR) is 146 cm³/mol.